The zero-order valence-corrected chi connectivity index (χ0v) is 16.7. The van der Waals surface area contributed by atoms with Crippen LogP contribution in [-0.2, 0) is 19.9 Å². The second-order valence-corrected chi connectivity index (χ2v) is 10.6. The molecule has 1 fully saturated rings. The van der Waals surface area contributed by atoms with Crippen LogP contribution in [-0.4, -0.2) is 45.8 Å². The minimum Gasteiger partial charge on any atom is -0.406 e. The van der Waals surface area contributed by atoms with Crippen molar-refractivity contribution in [2.45, 2.75) is 34.2 Å². The summed E-state index contributed by atoms with van der Waals surface area (Å²) in [6.07, 6.45) is -4.61. The fraction of sp³-hybridized carbons (Fsp3) is 0.333. The Morgan fingerprint density at radius 1 is 0.828 bits per heavy atom. The number of nitrogens with zero attached hydrogens (tertiary/aromatic N) is 1. The van der Waals surface area contributed by atoms with Crippen molar-refractivity contribution >= 4 is 19.9 Å². The van der Waals surface area contributed by atoms with E-state index >= 15 is 0 Å². The van der Waals surface area contributed by atoms with Gasteiger partial charge in [0.1, 0.15) is 5.75 Å². The standard InChI is InChI=1S/C18H18F3NO5S2/c19-18(20,21)27-14-6-8-17(9-7-14)29(25,26)22-12-10-16(11-13-22)28(23,24)15-4-2-1-3-5-15/h1-9,16H,10-13H2. The topological polar surface area (TPSA) is 80.8 Å². The van der Waals surface area contributed by atoms with Gasteiger partial charge in [0.15, 0.2) is 9.84 Å². The minimum atomic E-state index is -4.87. The van der Waals surface area contributed by atoms with Gasteiger partial charge in [-0.3, -0.25) is 0 Å². The lowest BCUT2D eigenvalue weighted by atomic mass is 10.2. The third-order valence-corrected chi connectivity index (χ3v) is 8.80. The van der Waals surface area contributed by atoms with Gasteiger partial charge in [-0.1, -0.05) is 18.2 Å². The first-order valence-electron chi connectivity index (χ1n) is 8.65. The van der Waals surface area contributed by atoms with Crippen LogP contribution >= 0.6 is 0 Å². The number of hydrogen-bond acceptors (Lipinski definition) is 5. The maximum atomic E-state index is 12.7. The van der Waals surface area contributed by atoms with Gasteiger partial charge in [-0.2, -0.15) is 4.31 Å². The van der Waals surface area contributed by atoms with Gasteiger partial charge in [-0.15, -0.1) is 13.2 Å². The molecule has 2 aromatic rings. The number of benzene rings is 2. The summed E-state index contributed by atoms with van der Waals surface area (Å²) in [6, 6.07) is 11.9. The summed E-state index contributed by atoms with van der Waals surface area (Å²) >= 11 is 0. The molecular weight excluding hydrogens is 431 g/mol. The van der Waals surface area contributed by atoms with Crippen LogP contribution in [0.2, 0.25) is 0 Å². The molecule has 158 valence electrons. The molecular formula is C18H18F3NO5S2. The van der Waals surface area contributed by atoms with E-state index in [1.165, 1.54) is 12.1 Å². The summed E-state index contributed by atoms with van der Waals surface area (Å²) in [4.78, 5) is 0.0120. The summed E-state index contributed by atoms with van der Waals surface area (Å²) in [7, 11) is -7.52. The SMILES string of the molecule is O=S(=O)(c1ccccc1)C1CCN(S(=O)(=O)c2ccc(OC(F)(F)F)cc2)CC1. The van der Waals surface area contributed by atoms with Gasteiger partial charge in [0, 0.05) is 13.1 Å². The minimum absolute atomic E-state index is 0.000133. The van der Waals surface area contributed by atoms with Gasteiger partial charge in [0.05, 0.1) is 15.0 Å². The second kappa shape index (κ2) is 7.96. The molecule has 1 aliphatic rings. The van der Waals surface area contributed by atoms with Gasteiger partial charge in [0.25, 0.3) is 0 Å². The summed E-state index contributed by atoms with van der Waals surface area (Å²) < 4.78 is 92.4. The number of halogens is 3. The smallest absolute Gasteiger partial charge is 0.406 e. The van der Waals surface area contributed by atoms with Crippen molar-refractivity contribution in [3.63, 3.8) is 0 Å². The van der Waals surface area contributed by atoms with E-state index in [0.717, 1.165) is 28.6 Å². The predicted molar refractivity (Wildman–Crippen MR) is 98.5 cm³/mol. The van der Waals surface area contributed by atoms with E-state index in [1.54, 1.807) is 18.2 Å². The Labute approximate surface area is 166 Å². The van der Waals surface area contributed by atoms with Crippen LogP contribution in [0.5, 0.6) is 5.75 Å². The average Bonchev–Trinajstić information content (AvgIpc) is 2.68. The number of hydrogen-bond donors (Lipinski definition) is 0. The second-order valence-electron chi connectivity index (χ2n) is 6.48. The van der Waals surface area contributed by atoms with E-state index in [-0.39, 0.29) is 35.7 Å². The zero-order valence-electron chi connectivity index (χ0n) is 15.0. The number of rotatable bonds is 5. The third-order valence-electron chi connectivity index (χ3n) is 4.61. The van der Waals surface area contributed by atoms with Crippen molar-refractivity contribution in [3.8, 4) is 5.75 Å². The van der Waals surface area contributed by atoms with Crippen LogP contribution in [0, 0.1) is 0 Å². The first kappa shape index (κ1) is 21.6. The quantitative estimate of drug-likeness (QED) is 0.700. The van der Waals surface area contributed by atoms with Gasteiger partial charge in [-0.05, 0) is 49.2 Å². The molecule has 2 aromatic carbocycles. The monoisotopic (exact) mass is 449 g/mol. The van der Waals surface area contributed by atoms with Crippen LogP contribution in [0.3, 0.4) is 0 Å². The number of ether oxygens (including phenoxy) is 1. The molecule has 3 rings (SSSR count). The first-order valence-corrected chi connectivity index (χ1v) is 11.6. The van der Waals surface area contributed by atoms with E-state index in [9.17, 15) is 30.0 Å². The van der Waals surface area contributed by atoms with Crippen molar-refractivity contribution in [1.82, 2.24) is 4.31 Å². The van der Waals surface area contributed by atoms with Crippen LogP contribution in [0.25, 0.3) is 0 Å². The Kier molecular flexibility index (Phi) is 5.93. The average molecular weight is 449 g/mol. The van der Waals surface area contributed by atoms with Crippen molar-refractivity contribution < 1.29 is 34.7 Å². The molecule has 1 aliphatic heterocycles. The molecule has 0 saturated carbocycles. The molecule has 6 nitrogen and oxygen atoms in total. The maximum absolute atomic E-state index is 12.7. The van der Waals surface area contributed by atoms with E-state index < -0.39 is 37.2 Å². The number of alkyl halides is 3. The summed E-state index contributed by atoms with van der Waals surface area (Å²) in [5.74, 6) is -0.524. The molecule has 0 unspecified atom stereocenters. The predicted octanol–water partition coefficient (Wildman–Crippen LogP) is 3.21. The Morgan fingerprint density at radius 3 is 1.90 bits per heavy atom. The summed E-state index contributed by atoms with van der Waals surface area (Å²) in [5.41, 5.74) is 0. The molecule has 0 radical (unpaired) electrons. The molecule has 0 bridgehead atoms. The van der Waals surface area contributed by atoms with Gasteiger partial charge < -0.3 is 4.74 Å². The van der Waals surface area contributed by atoms with Crippen LogP contribution < -0.4 is 4.74 Å². The summed E-state index contributed by atoms with van der Waals surface area (Å²) in [5, 5.41) is -0.695. The maximum Gasteiger partial charge on any atom is 0.573 e. The highest BCUT2D eigenvalue weighted by Gasteiger charge is 2.36. The molecule has 0 aromatic heterocycles. The molecule has 1 saturated heterocycles. The Balaban J connectivity index is 1.70. The van der Waals surface area contributed by atoms with Crippen molar-refractivity contribution in [1.29, 1.82) is 0 Å². The zero-order chi connectivity index (χ0) is 21.3. The largest absolute Gasteiger partial charge is 0.573 e. The molecule has 29 heavy (non-hydrogen) atoms. The third kappa shape index (κ3) is 4.90. The number of sulfonamides is 1. The van der Waals surface area contributed by atoms with E-state index in [4.69, 9.17) is 0 Å². The van der Waals surface area contributed by atoms with Gasteiger partial charge >= 0.3 is 6.36 Å². The number of sulfone groups is 1. The molecule has 0 aliphatic carbocycles. The highest BCUT2D eigenvalue weighted by Crippen LogP contribution is 2.29. The summed E-state index contributed by atoms with van der Waals surface area (Å²) in [6.45, 7) is -0.000266. The molecule has 1 heterocycles. The van der Waals surface area contributed by atoms with E-state index in [0.29, 0.717) is 0 Å². The van der Waals surface area contributed by atoms with Crippen molar-refractivity contribution in [2.24, 2.45) is 0 Å². The lowest BCUT2D eigenvalue weighted by Gasteiger charge is -2.31. The molecule has 0 spiro atoms. The highest BCUT2D eigenvalue weighted by atomic mass is 32.2. The molecule has 0 atom stereocenters. The van der Waals surface area contributed by atoms with E-state index in [2.05, 4.69) is 4.74 Å². The molecule has 11 heteroatoms. The van der Waals surface area contributed by atoms with Gasteiger partial charge in [0.2, 0.25) is 10.0 Å². The first-order chi connectivity index (χ1) is 13.5. The van der Waals surface area contributed by atoms with E-state index in [1.807, 2.05) is 0 Å². The normalized spacial score (nSPS) is 17.2. The Hall–Kier alpha value is -2.11. The van der Waals surface area contributed by atoms with Crippen LogP contribution in [0.15, 0.2) is 64.4 Å². The fourth-order valence-corrected chi connectivity index (χ4v) is 6.37. The molecule has 0 amide bonds. The van der Waals surface area contributed by atoms with Crippen LogP contribution in [0.1, 0.15) is 12.8 Å². The van der Waals surface area contributed by atoms with Crippen molar-refractivity contribution in [3.05, 3.63) is 54.6 Å². The van der Waals surface area contributed by atoms with Crippen LogP contribution in [0.4, 0.5) is 13.2 Å². The van der Waals surface area contributed by atoms with Crippen molar-refractivity contribution in [2.75, 3.05) is 13.1 Å². The van der Waals surface area contributed by atoms with Gasteiger partial charge in [-0.25, -0.2) is 16.8 Å². The lowest BCUT2D eigenvalue weighted by Crippen LogP contribution is -2.42. The highest BCUT2D eigenvalue weighted by molar-refractivity contribution is 7.92. The lowest BCUT2D eigenvalue weighted by molar-refractivity contribution is -0.274. The number of piperidine rings is 1. The Morgan fingerprint density at radius 2 is 1.38 bits per heavy atom. The fourth-order valence-electron chi connectivity index (χ4n) is 3.15. The molecule has 0 N–H and O–H groups in total. The Bertz CT molecular complexity index is 1040.